The molecular weight excluding hydrogens is 471 g/mol. The number of nitrogens with zero attached hydrogens (tertiary/aromatic N) is 1. The summed E-state index contributed by atoms with van der Waals surface area (Å²) in [7, 11) is -1.58. The Hall–Kier alpha value is -2.33. The fourth-order valence-corrected chi connectivity index (χ4v) is 5.12. The van der Waals surface area contributed by atoms with E-state index in [0.717, 1.165) is 12.1 Å². The molecule has 2 atom stereocenters. The molecule has 0 bridgehead atoms. The summed E-state index contributed by atoms with van der Waals surface area (Å²) in [6.07, 6.45) is 0.435. The second-order valence-electron chi connectivity index (χ2n) is 8.48. The Bertz CT molecular complexity index is 1340. The van der Waals surface area contributed by atoms with Gasteiger partial charge in [0, 0.05) is 35.7 Å². The van der Waals surface area contributed by atoms with Crippen molar-refractivity contribution in [1.82, 2.24) is 4.90 Å². The van der Waals surface area contributed by atoms with E-state index < -0.39 is 36.2 Å². The van der Waals surface area contributed by atoms with Crippen LogP contribution >= 0.6 is 19.4 Å². The number of hydrogen-bond donors (Lipinski definition) is 4. The number of piperidine rings is 1. The van der Waals surface area contributed by atoms with E-state index in [4.69, 9.17) is 20.5 Å². The van der Waals surface area contributed by atoms with Gasteiger partial charge in [-0.15, -0.1) is 0 Å². The fraction of sp³-hybridized carbons (Fsp3) is 0.286. The van der Waals surface area contributed by atoms with Gasteiger partial charge in [0.1, 0.15) is 36.1 Å². The van der Waals surface area contributed by atoms with Crippen LogP contribution in [0, 0.1) is 0 Å². The number of phosphoric ester groups is 1. The molecule has 1 aliphatic heterocycles. The highest BCUT2D eigenvalue weighted by Crippen LogP contribution is 2.48. The van der Waals surface area contributed by atoms with Crippen LogP contribution in [0.4, 0.5) is 0 Å². The molecule has 0 saturated carbocycles. The molecule has 4 N–H and O–H groups in total. The minimum Gasteiger partial charge on any atom is -0.507 e. The van der Waals surface area contributed by atoms with Crippen molar-refractivity contribution in [2.24, 2.45) is 0 Å². The van der Waals surface area contributed by atoms with E-state index >= 15 is 0 Å². The molecule has 2 heterocycles. The molecule has 1 saturated heterocycles. The average molecular weight is 494 g/mol. The minimum absolute atomic E-state index is 0.0969. The zero-order valence-electron chi connectivity index (χ0n) is 17.9. The molecule has 12 heteroatoms. The fourth-order valence-electron chi connectivity index (χ4n) is 4.49. The number of phenols is 1. The molecule has 9 nitrogen and oxygen atoms in total. The van der Waals surface area contributed by atoms with Crippen molar-refractivity contribution >= 4 is 38.2 Å². The summed E-state index contributed by atoms with van der Waals surface area (Å²) in [5, 5.41) is 22.1. The molecule has 174 valence electrons. The second-order valence-corrected chi connectivity index (χ2v) is 10.1. The first-order valence-corrected chi connectivity index (χ1v) is 12.0. The second kappa shape index (κ2) is 8.47. The van der Waals surface area contributed by atoms with Gasteiger partial charge in [0.2, 0.25) is 0 Å². The lowest BCUT2D eigenvalue weighted by atomic mass is 9.65. The number of likely N-dealkylation sites (tertiary alicyclic amines) is 1. The normalized spacial score (nSPS) is 21.9. The number of β-amino-alcohol motifs (C(OH)–C–C–N with tert-alkyl or cyclic N) is 1. The first-order chi connectivity index (χ1) is 15.4. The Morgan fingerprint density at radius 2 is 2.00 bits per heavy atom. The third kappa shape index (κ3) is 4.68. The highest BCUT2D eigenvalue weighted by atomic mass is 35.5. The number of rotatable bonds is 4. The lowest BCUT2D eigenvalue weighted by molar-refractivity contribution is 0.0260. The maximum atomic E-state index is 13.2. The minimum atomic E-state index is -5.06. The summed E-state index contributed by atoms with van der Waals surface area (Å²) in [5.41, 5.74) is -1.49. The molecule has 0 amide bonds. The van der Waals surface area contributed by atoms with Crippen molar-refractivity contribution in [3.8, 4) is 22.8 Å². The summed E-state index contributed by atoms with van der Waals surface area (Å²) in [6.45, 7) is 0.907. The lowest BCUT2D eigenvalue weighted by Crippen LogP contribution is -2.52. The summed E-state index contributed by atoms with van der Waals surface area (Å²) in [6, 6.07) is 8.80. The molecule has 2 aromatic carbocycles. The number of hydrogen-bond acceptors (Lipinski definition) is 7. The Balaban J connectivity index is 2.06. The van der Waals surface area contributed by atoms with E-state index in [1.165, 1.54) is 0 Å². The van der Waals surface area contributed by atoms with E-state index in [9.17, 15) is 29.4 Å². The van der Waals surface area contributed by atoms with Gasteiger partial charge >= 0.3 is 7.82 Å². The number of phosphoric acid groups is 1. The Morgan fingerprint density at radius 1 is 1.30 bits per heavy atom. The van der Waals surface area contributed by atoms with E-state index in [1.807, 2.05) is 11.9 Å². The van der Waals surface area contributed by atoms with Crippen molar-refractivity contribution in [2.75, 3.05) is 20.1 Å². The van der Waals surface area contributed by atoms with Crippen molar-refractivity contribution in [1.29, 1.82) is 0 Å². The molecule has 1 aliphatic rings. The molecule has 33 heavy (non-hydrogen) atoms. The van der Waals surface area contributed by atoms with Crippen LogP contribution in [0.2, 0.25) is 5.02 Å². The van der Waals surface area contributed by atoms with E-state index in [0.29, 0.717) is 30.1 Å². The van der Waals surface area contributed by atoms with Gasteiger partial charge in [-0.3, -0.25) is 14.6 Å². The van der Waals surface area contributed by atoms with Crippen LogP contribution in [0.3, 0.4) is 0 Å². The van der Waals surface area contributed by atoms with Crippen LogP contribution < -0.4 is 9.95 Å². The predicted octanol–water partition coefficient (Wildman–Crippen LogP) is 2.03. The molecule has 0 unspecified atom stereocenters. The van der Waals surface area contributed by atoms with Crippen LogP contribution in [-0.2, 0) is 4.57 Å². The van der Waals surface area contributed by atoms with Gasteiger partial charge < -0.3 is 24.1 Å². The molecule has 4 rings (SSSR count). The number of fused-ring (bicyclic) bond motifs is 1. The summed E-state index contributed by atoms with van der Waals surface area (Å²) in [4.78, 5) is 33.7. The maximum absolute atomic E-state index is 13.2. The Morgan fingerprint density at radius 3 is 2.64 bits per heavy atom. The third-order valence-electron chi connectivity index (χ3n) is 5.83. The number of aromatic hydroxyl groups is 1. The third-order valence-corrected chi connectivity index (χ3v) is 6.59. The molecule has 0 spiro atoms. The molecule has 0 radical (unpaired) electrons. The standard InChI is InChI=1S/C21H22BClNO8P/c1-24-7-6-12(21(22,27)10-24)18-14(25)9-17(32-33(28,29)30)19-15(26)8-16(31-20(18)19)11-4-2-3-5-13(11)23/h2-5,8-9,12,25,27H,6-7,10,22H2,1H3,(H2,28,29,30)/t12-,21-/m1/s1. The van der Waals surface area contributed by atoms with Gasteiger partial charge in [-0.25, -0.2) is 4.57 Å². The molecule has 1 fully saturated rings. The van der Waals surface area contributed by atoms with Crippen molar-refractivity contribution in [3.63, 3.8) is 0 Å². The highest BCUT2D eigenvalue weighted by Gasteiger charge is 2.41. The van der Waals surface area contributed by atoms with E-state index in [1.54, 1.807) is 32.1 Å². The number of benzene rings is 2. The summed E-state index contributed by atoms with van der Waals surface area (Å²) in [5.74, 6) is -1.48. The molecule has 1 aromatic heterocycles. The number of likely N-dealkylation sites (N-methyl/N-ethyl adjacent to an activating group) is 1. The first-order valence-electron chi connectivity index (χ1n) is 10.1. The zero-order valence-corrected chi connectivity index (χ0v) is 19.5. The van der Waals surface area contributed by atoms with Crippen LogP contribution in [-0.4, -0.2) is 58.4 Å². The van der Waals surface area contributed by atoms with Crippen molar-refractivity contribution < 1.29 is 33.5 Å². The SMILES string of the molecule is B[C@@]1(O)CN(C)CC[C@@H]1c1c(O)cc(OP(=O)(O)O)c2c(=O)cc(-c3ccccc3Cl)oc12. The highest BCUT2D eigenvalue weighted by molar-refractivity contribution is 7.46. The van der Waals surface area contributed by atoms with Crippen molar-refractivity contribution in [3.05, 3.63) is 57.2 Å². The van der Waals surface area contributed by atoms with Crippen LogP contribution in [0.25, 0.3) is 22.3 Å². The average Bonchev–Trinajstić information content (AvgIpc) is 2.67. The van der Waals surface area contributed by atoms with E-state index in [-0.39, 0.29) is 22.3 Å². The van der Waals surface area contributed by atoms with Gasteiger partial charge in [0.25, 0.3) is 0 Å². The smallest absolute Gasteiger partial charge is 0.507 e. The Labute approximate surface area is 194 Å². The quantitative estimate of drug-likeness (QED) is 0.317. The van der Waals surface area contributed by atoms with Gasteiger partial charge in [-0.1, -0.05) is 23.7 Å². The first kappa shape index (κ1) is 23.8. The van der Waals surface area contributed by atoms with Gasteiger partial charge in [0.15, 0.2) is 5.43 Å². The van der Waals surface area contributed by atoms with Gasteiger partial charge in [0.05, 0.1) is 10.5 Å². The summed E-state index contributed by atoms with van der Waals surface area (Å²) < 4.78 is 22.3. The molecule has 0 aliphatic carbocycles. The van der Waals surface area contributed by atoms with Crippen LogP contribution in [0.1, 0.15) is 17.9 Å². The van der Waals surface area contributed by atoms with E-state index in [2.05, 4.69) is 0 Å². The van der Waals surface area contributed by atoms with Gasteiger partial charge in [-0.2, -0.15) is 0 Å². The topological polar surface area (TPSA) is 141 Å². The van der Waals surface area contributed by atoms with Crippen LogP contribution in [0.15, 0.2) is 45.6 Å². The maximum Gasteiger partial charge on any atom is 0.524 e. The Kier molecular flexibility index (Phi) is 6.11. The zero-order chi connectivity index (χ0) is 24.1. The van der Waals surface area contributed by atoms with Gasteiger partial charge in [-0.05, 0) is 32.1 Å². The molecule has 3 aromatic rings. The number of aliphatic hydroxyl groups is 1. The summed E-state index contributed by atoms with van der Waals surface area (Å²) >= 11 is 6.28. The lowest BCUT2D eigenvalue weighted by Gasteiger charge is -2.42. The number of phenolic OH excluding ortho intramolecular Hbond substituents is 1. The largest absolute Gasteiger partial charge is 0.524 e. The predicted molar refractivity (Wildman–Crippen MR) is 126 cm³/mol. The van der Waals surface area contributed by atoms with Crippen molar-refractivity contribution in [2.45, 2.75) is 17.8 Å². The van der Waals surface area contributed by atoms with Crippen LogP contribution in [0.5, 0.6) is 11.5 Å². The molecular formula is C21H22BClNO8P. The monoisotopic (exact) mass is 493 g/mol. The number of halogens is 1.